The van der Waals surface area contributed by atoms with Gasteiger partial charge in [-0.3, -0.25) is 0 Å². The van der Waals surface area contributed by atoms with Gasteiger partial charge in [-0.15, -0.1) is 0 Å². The maximum Gasteiger partial charge on any atom is 0.225 e. The maximum atomic E-state index is 15.3. The summed E-state index contributed by atoms with van der Waals surface area (Å²) in [6, 6.07) is 5.35. The lowest BCUT2D eigenvalue weighted by molar-refractivity contribution is 0.0153. The quantitative estimate of drug-likeness (QED) is 0.398. The van der Waals surface area contributed by atoms with E-state index in [9.17, 15) is 0 Å². The van der Waals surface area contributed by atoms with Crippen molar-refractivity contribution in [2.75, 3.05) is 38.3 Å². The molecule has 0 aliphatic carbocycles. The van der Waals surface area contributed by atoms with E-state index in [1.807, 2.05) is 11.0 Å². The molecule has 0 spiro atoms. The number of hydrogen-bond donors (Lipinski definition) is 1. The van der Waals surface area contributed by atoms with Crippen LogP contribution in [0.2, 0.25) is 18.1 Å². The highest BCUT2D eigenvalue weighted by Crippen LogP contribution is 2.37. The molecule has 0 bridgehead atoms. The summed E-state index contributed by atoms with van der Waals surface area (Å²) in [6.07, 6.45) is 3.12. The molecule has 2 aromatic rings. The predicted molar refractivity (Wildman–Crippen MR) is 135 cm³/mol. The van der Waals surface area contributed by atoms with E-state index in [-0.39, 0.29) is 23.6 Å². The Balaban J connectivity index is 1.61. The molecule has 8 nitrogen and oxygen atoms in total. The molecule has 1 aromatic heterocycles. The van der Waals surface area contributed by atoms with Crippen molar-refractivity contribution in [3.05, 3.63) is 42.0 Å². The van der Waals surface area contributed by atoms with Crippen molar-refractivity contribution < 1.29 is 18.4 Å². The summed E-state index contributed by atoms with van der Waals surface area (Å²) < 4.78 is 26.6. The summed E-state index contributed by atoms with van der Waals surface area (Å²) in [6.45, 7) is 12.9. The number of benzene rings is 1. The Bertz CT molecular complexity index is 983. The van der Waals surface area contributed by atoms with Crippen molar-refractivity contribution in [2.24, 2.45) is 10.9 Å². The van der Waals surface area contributed by atoms with Gasteiger partial charge in [-0.2, -0.15) is 0 Å². The van der Waals surface area contributed by atoms with Crippen LogP contribution in [-0.2, 0) is 20.6 Å². The van der Waals surface area contributed by atoms with E-state index in [2.05, 4.69) is 49.0 Å². The lowest BCUT2D eigenvalue weighted by Crippen LogP contribution is -2.48. The summed E-state index contributed by atoms with van der Waals surface area (Å²) in [5, 5.41) is 4.17. The Morgan fingerprint density at radius 2 is 1.88 bits per heavy atom. The van der Waals surface area contributed by atoms with Crippen LogP contribution < -0.4 is 10.6 Å². The van der Waals surface area contributed by atoms with Crippen LogP contribution in [-0.4, -0.2) is 63.5 Å². The molecule has 34 heavy (non-hydrogen) atoms. The number of nitrogens with two attached hydrogens (primary N) is 1. The van der Waals surface area contributed by atoms with Crippen molar-refractivity contribution >= 4 is 20.0 Å². The minimum absolute atomic E-state index is 0.0646. The Kier molecular flexibility index (Phi) is 8.40. The van der Waals surface area contributed by atoms with Crippen LogP contribution in [0.5, 0.6) is 0 Å². The van der Waals surface area contributed by atoms with Crippen molar-refractivity contribution in [3.8, 4) is 11.1 Å². The molecule has 0 radical (unpaired) electrons. The average molecular weight is 490 g/mol. The number of oxime groups is 1. The third kappa shape index (κ3) is 6.18. The number of aromatic nitrogens is 2. The Labute approximate surface area is 202 Å². The van der Waals surface area contributed by atoms with Crippen molar-refractivity contribution in [3.63, 3.8) is 0 Å². The van der Waals surface area contributed by atoms with E-state index in [1.165, 1.54) is 0 Å². The van der Waals surface area contributed by atoms with E-state index >= 15 is 4.39 Å². The second kappa shape index (κ2) is 10.9. The molecule has 2 N–H and O–H groups in total. The predicted octanol–water partition coefficient (Wildman–Crippen LogP) is 3.97. The number of rotatable bonds is 10. The first-order valence-electron chi connectivity index (χ1n) is 11.4. The molecule has 186 valence electrons. The fourth-order valence-electron chi connectivity index (χ4n) is 3.05. The van der Waals surface area contributed by atoms with Gasteiger partial charge in [0.15, 0.2) is 8.32 Å². The van der Waals surface area contributed by atoms with Crippen LogP contribution in [0, 0.1) is 5.82 Å². The van der Waals surface area contributed by atoms with Crippen molar-refractivity contribution in [2.45, 2.75) is 51.6 Å². The molecule has 0 saturated carbocycles. The first-order valence-corrected chi connectivity index (χ1v) is 14.4. The molecule has 1 aromatic carbocycles. The Morgan fingerprint density at radius 1 is 1.21 bits per heavy atom. The van der Waals surface area contributed by atoms with E-state index in [0.717, 1.165) is 5.71 Å². The van der Waals surface area contributed by atoms with Crippen LogP contribution in [0.4, 0.5) is 10.3 Å². The lowest BCUT2D eigenvalue weighted by Gasteiger charge is -2.36. The zero-order valence-corrected chi connectivity index (χ0v) is 22.0. The average Bonchev–Trinajstić information content (AvgIpc) is 2.77. The van der Waals surface area contributed by atoms with Gasteiger partial charge in [0.1, 0.15) is 18.5 Å². The number of methoxy groups -OCH3 is 1. The molecule has 1 aliphatic rings. The summed E-state index contributed by atoms with van der Waals surface area (Å²) in [7, 11) is -0.388. The van der Waals surface area contributed by atoms with Gasteiger partial charge in [0.25, 0.3) is 0 Å². The van der Waals surface area contributed by atoms with Crippen LogP contribution in [0.25, 0.3) is 11.1 Å². The SMILES string of the molecule is COC(CN)CON=C1CN(c2ncc(-c3cccc(CO[Si](C)(C)C(C)(C)C)c3F)cn2)C1. The summed E-state index contributed by atoms with van der Waals surface area (Å²) in [4.78, 5) is 16.1. The fourth-order valence-corrected chi connectivity index (χ4v) is 4.00. The van der Waals surface area contributed by atoms with Crippen LogP contribution in [0.1, 0.15) is 26.3 Å². The van der Waals surface area contributed by atoms with Gasteiger partial charge in [-0.05, 0) is 18.1 Å². The van der Waals surface area contributed by atoms with Gasteiger partial charge < -0.3 is 24.6 Å². The standard InChI is InChI=1S/C24H36FN5O3Si/c1-24(2,3)34(5,6)33-15-17-8-7-9-21(22(17)25)18-11-27-23(28-12-18)30-13-19(14-30)29-32-16-20(10-26)31-4/h7-9,11-12,20H,10,13-16,26H2,1-6H3. The molecule has 10 heteroatoms. The second-order valence-electron chi connectivity index (χ2n) is 10.0. The molecule has 1 aliphatic heterocycles. The van der Waals surface area contributed by atoms with Gasteiger partial charge in [-0.25, -0.2) is 14.4 Å². The minimum atomic E-state index is -1.98. The molecule has 1 fully saturated rings. The molecule has 1 saturated heterocycles. The topological polar surface area (TPSA) is 95.1 Å². The third-order valence-corrected chi connectivity index (χ3v) is 11.0. The monoisotopic (exact) mass is 489 g/mol. The van der Waals surface area contributed by atoms with E-state index in [1.54, 1.807) is 31.6 Å². The highest BCUT2D eigenvalue weighted by atomic mass is 28.4. The molecule has 3 rings (SSSR count). The number of anilines is 1. The first-order chi connectivity index (χ1) is 16.1. The van der Waals surface area contributed by atoms with Crippen LogP contribution in [0.15, 0.2) is 35.7 Å². The molecular formula is C24H36FN5O3Si. The molecule has 1 unspecified atom stereocenters. The van der Waals surface area contributed by atoms with E-state index in [4.69, 9.17) is 19.7 Å². The Morgan fingerprint density at radius 3 is 2.47 bits per heavy atom. The van der Waals surface area contributed by atoms with Gasteiger partial charge in [-0.1, -0.05) is 44.1 Å². The molecule has 1 atom stereocenters. The van der Waals surface area contributed by atoms with Gasteiger partial charge in [0.2, 0.25) is 5.95 Å². The molecule has 0 amide bonds. The van der Waals surface area contributed by atoms with Crippen molar-refractivity contribution in [1.82, 2.24) is 9.97 Å². The van der Waals surface area contributed by atoms with E-state index < -0.39 is 8.32 Å². The summed E-state index contributed by atoms with van der Waals surface area (Å²) in [5.74, 6) is 0.275. The van der Waals surface area contributed by atoms with Crippen molar-refractivity contribution in [1.29, 1.82) is 0 Å². The normalized spacial score (nSPS) is 15.2. The maximum absolute atomic E-state index is 15.3. The first kappa shape index (κ1) is 26.2. The molecular weight excluding hydrogens is 453 g/mol. The minimum Gasteiger partial charge on any atom is -0.412 e. The van der Waals surface area contributed by atoms with Gasteiger partial charge >= 0.3 is 0 Å². The summed E-state index contributed by atoms with van der Waals surface area (Å²) >= 11 is 0. The highest BCUT2D eigenvalue weighted by molar-refractivity contribution is 6.74. The molecule has 2 heterocycles. The Hall–Kier alpha value is -2.40. The van der Waals surface area contributed by atoms with E-state index in [0.29, 0.717) is 48.9 Å². The van der Waals surface area contributed by atoms with Gasteiger partial charge in [0, 0.05) is 42.7 Å². The zero-order valence-electron chi connectivity index (χ0n) is 21.0. The fraction of sp³-hybridized carbons (Fsp3) is 0.542. The number of ether oxygens (including phenoxy) is 1. The van der Waals surface area contributed by atoms with Crippen LogP contribution >= 0.6 is 0 Å². The second-order valence-corrected chi connectivity index (χ2v) is 14.8. The number of hydrogen-bond acceptors (Lipinski definition) is 8. The third-order valence-electron chi connectivity index (χ3n) is 6.50. The summed E-state index contributed by atoms with van der Waals surface area (Å²) in [5.41, 5.74) is 8.08. The number of nitrogens with zero attached hydrogens (tertiary/aromatic N) is 4. The smallest absolute Gasteiger partial charge is 0.225 e. The van der Waals surface area contributed by atoms with Crippen LogP contribution in [0.3, 0.4) is 0 Å². The van der Waals surface area contributed by atoms with Gasteiger partial charge in [0.05, 0.1) is 25.4 Å². The number of halogens is 1. The largest absolute Gasteiger partial charge is 0.412 e. The highest BCUT2D eigenvalue weighted by Gasteiger charge is 2.37. The zero-order chi connectivity index (χ0) is 24.9. The lowest BCUT2D eigenvalue weighted by atomic mass is 10.1.